The first kappa shape index (κ1) is 16.3. The van der Waals surface area contributed by atoms with Crippen molar-refractivity contribution < 1.29 is 9.90 Å². The van der Waals surface area contributed by atoms with E-state index in [1.165, 1.54) is 0 Å². The lowest BCUT2D eigenvalue weighted by Crippen LogP contribution is -2.42. The van der Waals surface area contributed by atoms with Gasteiger partial charge in [-0.05, 0) is 49.3 Å². The topological polar surface area (TPSA) is 49.3 Å². The van der Waals surface area contributed by atoms with E-state index in [1.54, 1.807) is 0 Å². The lowest BCUT2D eigenvalue weighted by molar-refractivity contribution is -0.124. The molecule has 0 saturated heterocycles. The number of aliphatic hydroxyl groups is 1. The molecule has 1 aliphatic rings. The maximum absolute atomic E-state index is 12.6. The number of amides is 1. The first-order valence-electron chi connectivity index (χ1n) is 7.71. The number of aliphatic hydroxyl groups excluding tert-OH is 1. The SMILES string of the molecule is CC(C)C(C(=O)NC1CCC(O)CC1)c1cccc(Cl)c1. The van der Waals surface area contributed by atoms with E-state index in [9.17, 15) is 9.90 Å². The number of halogens is 1. The Morgan fingerprint density at radius 2 is 1.95 bits per heavy atom. The van der Waals surface area contributed by atoms with Gasteiger partial charge in [0.2, 0.25) is 5.91 Å². The molecule has 1 atom stereocenters. The highest BCUT2D eigenvalue weighted by Gasteiger charge is 2.28. The molecule has 1 aromatic carbocycles. The average Bonchev–Trinajstić information content (AvgIpc) is 2.41. The zero-order valence-electron chi connectivity index (χ0n) is 12.7. The van der Waals surface area contributed by atoms with Crippen LogP contribution in [0.5, 0.6) is 0 Å². The number of hydrogen-bond acceptors (Lipinski definition) is 2. The van der Waals surface area contributed by atoms with Crippen molar-refractivity contribution in [1.29, 1.82) is 0 Å². The third-order valence-corrected chi connectivity index (χ3v) is 4.44. The maximum atomic E-state index is 12.6. The molecule has 1 fully saturated rings. The van der Waals surface area contributed by atoms with Crippen LogP contribution in [0.15, 0.2) is 24.3 Å². The summed E-state index contributed by atoms with van der Waals surface area (Å²) < 4.78 is 0. The Morgan fingerprint density at radius 3 is 2.52 bits per heavy atom. The second-order valence-electron chi connectivity index (χ2n) is 6.29. The summed E-state index contributed by atoms with van der Waals surface area (Å²) >= 11 is 6.05. The quantitative estimate of drug-likeness (QED) is 0.894. The fraction of sp³-hybridized carbons (Fsp3) is 0.588. The smallest absolute Gasteiger partial charge is 0.228 e. The number of hydrogen-bond donors (Lipinski definition) is 2. The van der Waals surface area contributed by atoms with Gasteiger partial charge in [-0.2, -0.15) is 0 Å². The predicted octanol–water partition coefficient (Wildman–Crippen LogP) is 3.50. The summed E-state index contributed by atoms with van der Waals surface area (Å²) in [4.78, 5) is 12.6. The van der Waals surface area contributed by atoms with Gasteiger partial charge in [0.1, 0.15) is 0 Å². The Labute approximate surface area is 131 Å². The normalized spacial score (nSPS) is 23.9. The van der Waals surface area contributed by atoms with Gasteiger partial charge >= 0.3 is 0 Å². The second-order valence-corrected chi connectivity index (χ2v) is 6.73. The van der Waals surface area contributed by atoms with Crippen molar-refractivity contribution in [3.63, 3.8) is 0 Å². The average molecular weight is 310 g/mol. The minimum Gasteiger partial charge on any atom is -0.393 e. The van der Waals surface area contributed by atoms with Crippen LogP contribution in [0.4, 0.5) is 0 Å². The molecule has 3 nitrogen and oxygen atoms in total. The molecule has 1 unspecified atom stereocenters. The summed E-state index contributed by atoms with van der Waals surface area (Å²) in [6.07, 6.45) is 3.05. The Bertz CT molecular complexity index is 481. The minimum absolute atomic E-state index is 0.0636. The van der Waals surface area contributed by atoms with Crippen molar-refractivity contribution in [3.05, 3.63) is 34.9 Å². The molecule has 21 heavy (non-hydrogen) atoms. The van der Waals surface area contributed by atoms with Gasteiger partial charge in [0.25, 0.3) is 0 Å². The van der Waals surface area contributed by atoms with Gasteiger partial charge in [-0.25, -0.2) is 0 Å². The number of carbonyl (C=O) groups excluding carboxylic acids is 1. The summed E-state index contributed by atoms with van der Waals surface area (Å²) in [5, 5.41) is 13.3. The maximum Gasteiger partial charge on any atom is 0.228 e. The predicted molar refractivity (Wildman–Crippen MR) is 85.4 cm³/mol. The zero-order chi connectivity index (χ0) is 15.4. The van der Waals surface area contributed by atoms with Crippen LogP contribution in [0.25, 0.3) is 0 Å². The highest BCUT2D eigenvalue weighted by Crippen LogP contribution is 2.28. The first-order chi connectivity index (χ1) is 9.97. The highest BCUT2D eigenvalue weighted by molar-refractivity contribution is 6.30. The van der Waals surface area contributed by atoms with Crippen LogP contribution in [-0.4, -0.2) is 23.2 Å². The number of carbonyl (C=O) groups is 1. The van der Waals surface area contributed by atoms with E-state index in [0.717, 1.165) is 31.2 Å². The van der Waals surface area contributed by atoms with Crippen molar-refractivity contribution in [3.8, 4) is 0 Å². The third-order valence-electron chi connectivity index (χ3n) is 4.20. The van der Waals surface area contributed by atoms with Gasteiger partial charge in [-0.15, -0.1) is 0 Å². The number of nitrogens with one attached hydrogen (secondary N) is 1. The molecule has 0 aliphatic heterocycles. The van der Waals surface area contributed by atoms with E-state index in [2.05, 4.69) is 19.2 Å². The van der Waals surface area contributed by atoms with Crippen LogP contribution >= 0.6 is 11.6 Å². The summed E-state index contributed by atoms with van der Waals surface area (Å²) in [5.74, 6) is 0.0850. The van der Waals surface area contributed by atoms with Gasteiger partial charge in [-0.3, -0.25) is 4.79 Å². The van der Waals surface area contributed by atoms with Crippen LogP contribution < -0.4 is 5.32 Å². The van der Waals surface area contributed by atoms with Crippen molar-refractivity contribution in [2.24, 2.45) is 5.92 Å². The molecule has 116 valence electrons. The molecular formula is C17H24ClNO2. The van der Waals surface area contributed by atoms with Gasteiger partial charge in [0, 0.05) is 11.1 Å². The van der Waals surface area contributed by atoms with Crippen molar-refractivity contribution in [2.45, 2.75) is 57.6 Å². The van der Waals surface area contributed by atoms with Gasteiger partial charge in [0.15, 0.2) is 0 Å². The molecular weight excluding hydrogens is 286 g/mol. The van der Waals surface area contributed by atoms with E-state index in [1.807, 2.05) is 24.3 Å². The molecule has 4 heteroatoms. The fourth-order valence-corrected chi connectivity index (χ4v) is 3.25. The molecule has 1 amide bonds. The number of benzene rings is 1. The van der Waals surface area contributed by atoms with E-state index in [0.29, 0.717) is 5.02 Å². The fourth-order valence-electron chi connectivity index (χ4n) is 3.05. The monoisotopic (exact) mass is 309 g/mol. The Balaban J connectivity index is 2.06. The van der Waals surface area contributed by atoms with Crippen molar-refractivity contribution >= 4 is 17.5 Å². The van der Waals surface area contributed by atoms with Crippen molar-refractivity contribution in [2.75, 3.05) is 0 Å². The van der Waals surface area contributed by atoms with Crippen LogP contribution in [-0.2, 0) is 4.79 Å². The Kier molecular flexibility index (Phi) is 5.65. The molecule has 0 aromatic heterocycles. The largest absolute Gasteiger partial charge is 0.393 e. The van der Waals surface area contributed by atoms with Crippen LogP contribution in [0, 0.1) is 5.92 Å². The molecule has 2 N–H and O–H groups in total. The summed E-state index contributed by atoms with van der Waals surface area (Å²) in [5.41, 5.74) is 0.964. The summed E-state index contributed by atoms with van der Waals surface area (Å²) in [6.45, 7) is 4.10. The lowest BCUT2D eigenvalue weighted by Gasteiger charge is -2.29. The van der Waals surface area contributed by atoms with Gasteiger partial charge in [-0.1, -0.05) is 37.6 Å². The summed E-state index contributed by atoms with van der Waals surface area (Å²) in [7, 11) is 0. The summed E-state index contributed by atoms with van der Waals surface area (Å²) in [6, 6.07) is 7.72. The molecule has 1 aliphatic carbocycles. The number of rotatable bonds is 4. The van der Waals surface area contributed by atoms with E-state index < -0.39 is 0 Å². The Hall–Kier alpha value is -1.06. The first-order valence-corrected chi connectivity index (χ1v) is 8.09. The van der Waals surface area contributed by atoms with Gasteiger partial charge in [0.05, 0.1) is 12.0 Å². The second kappa shape index (κ2) is 7.28. The highest BCUT2D eigenvalue weighted by atomic mass is 35.5. The molecule has 0 heterocycles. The van der Waals surface area contributed by atoms with E-state index >= 15 is 0 Å². The van der Waals surface area contributed by atoms with E-state index in [-0.39, 0.29) is 29.9 Å². The molecule has 0 spiro atoms. The lowest BCUT2D eigenvalue weighted by atomic mass is 9.86. The van der Waals surface area contributed by atoms with Crippen molar-refractivity contribution in [1.82, 2.24) is 5.32 Å². The molecule has 0 radical (unpaired) electrons. The molecule has 1 saturated carbocycles. The van der Waals surface area contributed by atoms with Crippen LogP contribution in [0.3, 0.4) is 0 Å². The third kappa shape index (κ3) is 4.45. The minimum atomic E-state index is -0.202. The molecule has 0 bridgehead atoms. The van der Waals surface area contributed by atoms with Crippen LogP contribution in [0.1, 0.15) is 51.0 Å². The Morgan fingerprint density at radius 1 is 1.29 bits per heavy atom. The molecule has 1 aromatic rings. The standard InChI is InChI=1S/C17H24ClNO2/c1-11(2)16(12-4-3-5-13(18)10-12)17(21)19-14-6-8-15(20)9-7-14/h3-5,10-11,14-16,20H,6-9H2,1-2H3,(H,19,21). The molecule has 2 rings (SSSR count). The van der Waals surface area contributed by atoms with Gasteiger partial charge < -0.3 is 10.4 Å². The zero-order valence-corrected chi connectivity index (χ0v) is 13.4. The van der Waals surface area contributed by atoms with Crippen LogP contribution in [0.2, 0.25) is 5.02 Å². The van der Waals surface area contributed by atoms with E-state index in [4.69, 9.17) is 11.6 Å².